The molecule has 62 heavy (non-hydrogen) atoms. The summed E-state index contributed by atoms with van der Waals surface area (Å²) in [5.41, 5.74) is 0. The van der Waals surface area contributed by atoms with Crippen LogP contribution in [0.1, 0.15) is 258 Å². The highest BCUT2D eigenvalue weighted by Gasteiger charge is 2.19. The molecule has 6 nitrogen and oxygen atoms in total. The van der Waals surface area contributed by atoms with E-state index < -0.39 is 6.10 Å². The summed E-state index contributed by atoms with van der Waals surface area (Å²) in [7, 11) is 0. The van der Waals surface area contributed by atoms with E-state index in [1.165, 1.54) is 135 Å². The van der Waals surface area contributed by atoms with E-state index in [1.54, 1.807) is 0 Å². The second-order valence-electron chi connectivity index (χ2n) is 17.5. The average molecular weight is 867 g/mol. The molecule has 0 amide bonds. The first-order valence-electron chi connectivity index (χ1n) is 26.3. The lowest BCUT2D eigenvalue weighted by Crippen LogP contribution is -2.30. The molecule has 0 aromatic carbocycles. The van der Waals surface area contributed by atoms with E-state index in [-0.39, 0.29) is 31.1 Å². The van der Waals surface area contributed by atoms with Crippen LogP contribution < -0.4 is 0 Å². The lowest BCUT2D eigenvalue weighted by Gasteiger charge is -2.18. The molecule has 0 aromatic rings. The molecule has 0 rings (SSSR count). The Balaban J connectivity index is 4.41. The molecule has 0 saturated heterocycles. The fourth-order valence-electron chi connectivity index (χ4n) is 7.39. The number of rotatable bonds is 47. The topological polar surface area (TPSA) is 78.9 Å². The fourth-order valence-corrected chi connectivity index (χ4v) is 7.39. The van der Waals surface area contributed by atoms with Crippen LogP contribution in [0.2, 0.25) is 0 Å². The van der Waals surface area contributed by atoms with Gasteiger partial charge >= 0.3 is 17.9 Å². The van der Waals surface area contributed by atoms with Gasteiger partial charge in [0.05, 0.1) is 0 Å². The molecule has 6 heteroatoms. The van der Waals surface area contributed by atoms with E-state index in [4.69, 9.17) is 14.2 Å². The molecule has 0 heterocycles. The lowest BCUT2D eigenvalue weighted by molar-refractivity contribution is -0.167. The van der Waals surface area contributed by atoms with E-state index in [9.17, 15) is 14.4 Å². The minimum Gasteiger partial charge on any atom is -0.462 e. The first kappa shape index (κ1) is 59.1. The monoisotopic (exact) mass is 867 g/mol. The third-order valence-electron chi connectivity index (χ3n) is 11.4. The highest BCUT2D eigenvalue weighted by molar-refractivity contribution is 5.71. The third-order valence-corrected chi connectivity index (χ3v) is 11.4. The maximum absolute atomic E-state index is 12.8. The Morgan fingerprint density at radius 2 is 0.645 bits per heavy atom. The number of allylic oxidation sites excluding steroid dienone is 10. The van der Waals surface area contributed by atoms with Gasteiger partial charge in [-0.15, -0.1) is 0 Å². The molecule has 1 unspecified atom stereocenters. The minimum atomic E-state index is -0.783. The van der Waals surface area contributed by atoms with E-state index in [0.717, 1.165) is 83.5 Å². The Morgan fingerprint density at radius 1 is 0.339 bits per heavy atom. The van der Waals surface area contributed by atoms with Gasteiger partial charge in [-0.2, -0.15) is 0 Å². The summed E-state index contributed by atoms with van der Waals surface area (Å²) in [6.45, 7) is 6.48. The van der Waals surface area contributed by atoms with Crippen LogP contribution >= 0.6 is 0 Å². The van der Waals surface area contributed by atoms with Gasteiger partial charge in [-0.3, -0.25) is 14.4 Å². The van der Waals surface area contributed by atoms with Crippen LogP contribution in [-0.4, -0.2) is 37.2 Å². The van der Waals surface area contributed by atoms with Gasteiger partial charge < -0.3 is 14.2 Å². The third kappa shape index (κ3) is 48.1. The fraction of sp³-hybridized carbons (Fsp3) is 0.768. The Hall–Kier alpha value is -2.89. The highest BCUT2D eigenvalue weighted by Crippen LogP contribution is 2.15. The number of hydrogen-bond donors (Lipinski definition) is 0. The second-order valence-corrected chi connectivity index (χ2v) is 17.5. The van der Waals surface area contributed by atoms with Crippen LogP contribution in [0.5, 0.6) is 0 Å². The molecule has 1 atom stereocenters. The summed E-state index contributed by atoms with van der Waals surface area (Å²) in [6.07, 6.45) is 62.0. The number of carbonyl (C=O) groups is 3. The Morgan fingerprint density at radius 3 is 1.05 bits per heavy atom. The van der Waals surface area contributed by atoms with Crippen molar-refractivity contribution in [2.45, 2.75) is 264 Å². The Kier molecular flexibility index (Phi) is 48.4. The lowest BCUT2D eigenvalue weighted by atomic mass is 10.0. The molecule has 0 fully saturated rings. The van der Waals surface area contributed by atoms with Crippen LogP contribution in [0, 0.1) is 0 Å². The Labute approximate surface area is 383 Å². The van der Waals surface area contributed by atoms with Crippen LogP contribution in [0.25, 0.3) is 0 Å². The molecular weight excluding hydrogens is 769 g/mol. The first-order chi connectivity index (χ1) is 30.5. The molecule has 358 valence electrons. The number of hydrogen-bond acceptors (Lipinski definition) is 6. The summed E-state index contributed by atoms with van der Waals surface area (Å²) in [5, 5.41) is 0. The standard InChI is InChI=1S/C56H98O6/c1-4-7-10-13-16-19-22-25-28-31-34-37-40-43-46-49-55(58)61-52-53(51-60-54(57)48-45-42-39-36-33-30-27-24-21-18-15-12-9-6-3)62-56(59)50-47-44-41-38-35-32-29-26-23-20-17-14-11-8-5-2/h7,10,13,16,19-20,22-23,25,28,53H,4-6,8-9,11-12,14-15,17-18,21,24,26-27,29-52H2,1-3H3/b10-7-,16-13-,22-19-,23-20-,28-25-. The van der Waals surface area contributed by atoms with Crippen LogP contribution in [-0.2, 0) is 28.6 Å². The zero-order valence-corrected chi connectivity index (χ0v) is 40.9. The zero-order valence-electron chi connectivity index (χ0n) is 40.9. The van der Waals surface area contributed by atoms with Crippen molar-refractivity contribution in [3.8, 4) is 0 Å². The first-order valence-corrected chi connectivity index (χ1v) is 26.3. The highest BCUT2D eigenvalue weighted by atomic mass is 16.6. The van der Waals surface area contributed by atoms with Crippen molar-refractivity contribution in [2.24, 2.45) is 0 Å². The van der Waals surface area contributed by atoms with Gasteiger partial charge in [0.1, 0.15) is 13.2 Å². The van der Waals surface area contributed by atoms with Gasteiger partial charge in [0, 0.05) is 19.3 Å². The van der Waals surface area contributed by atoms with Crippen molar-refractivity contribution in [3.05, 3.63) is 60.8 Å². The largest absolute Gasteiger partial charge is 0.462 e. The normalized spacial score (nSPS) is 12.5. The van der Waals surface area contributed by atoms with Gasteiger partial charge in [0.15, 0.2) is 6.10 Å². The molecule has 0 spiro atoms. The Bertz CT molecular complexity index is 1130. The maximum Gasteiger partial charge on any atom is 0.306 e. The van der Waals surface area contributed by atoms with Gasteiger partial charge in [-0.05, 0) is 64.2 Å². The van der Waals surface area contributed by atoms with E-state index >= 15 is 0 Å². The van der Waals surface area contributed by atoms with Crippen molar-refractivity contribution >= 4 is 17.9 Å². The number of carbonyl (C=O) groups excluding carboxylic acids is 3. The van der Waals surface area contributed by atoms with Gasteiger partial charge in [-0.25, -0.2) is 0 Å². The quantitative estimate of drug-likeness (QED) is 0.0199. The average Bonchev–Trinajstić information content (AvgIpc) is 3.27. The van der Waals surface area contributed by atoms with E-state index in [2.05, 4.69) is 63.3 Å². The SMILES string of the molecule is CC\C=C/C=C\C=C/C=C\CCCCCCCC(=O)OCC(COC(=O)CCCCCCCCCCCCCCCC)OC(=O)CCCCCCCCC/C=C\CCCCCC. The van der Waals surface area contributed by atoms with Gasteiger partial charge in [-0.1, -0.05) is 236 Å². The van der Waals surface area contributed by atoms with Crippen LogP contribution in [0.3, 0.4) is 0 Å². The predicted octanol–water partition coefficient (Wildman–Crippen LogP) is 17.3. The smallest absolute Gasteiger partial charge is 0.306 e. The summed E-state index contributed by atoms with van der Waals surface area (Å²) in [5.74, 6) is -0.903. The van der Waals surface area contributed by atoms with Crippen molar-refractivity contribution in [2.75, 3.05) is 13.2 Å². The van der Waals surface area contributed by atoms with Gasteiger partial charge in [0.25, 0.3) is 0 Å². The summed E-state index contributed by atoms with van der Waals surface area (Å²) in [6, 6.07) is 0. The molecule has 0 aliphatic carbocycles. The summed E-state index contributed by atoms with van der Waals surface area (Å²) >= 11 is 0. The predicted molar refractivity (Wildman–Crippen MR) is 265 cm³/mol. The van der Waals surface area contributed by atoms with E-state index in [0.29, 0.717) is 19.3 Å². The maximum atomic E-state index is 12.8. The van der Waals surface area contributed by atoms with Crippen molar-refractivity contribution in [1.82, 2.24) is 0 Å². The molecule has 0 saturated carbocycles. The van der Waals surface area contributed by atoms with Crippen LogP contribution in [0.15, 0.2) is 60.8 Å². The molecule has 0 N–H and O–H groups in total. The summed E-state index contributed by atoms with van der Waals surface area (Å²) in [4.78, 5) is 38.0. The molecule has 0 aliphatic heterocycles. The molecular formula is C56H98O6. The van der Waals surface area contributed by atoms with Crippen LogP contribution in [0.4, 0.5) is 0 Å². The van der Waals surface area contributed by atoms with E-state index in [1.807, 2.05) is 18.2 Å². The second kappa shape index (κ2) is 50.8. The van der Waals surface area contributed by atoms with Crippen molar-refractivity contribution < 1.29 is 28.6 Å². The molecule has 0 aliphatic rings. The number of unbranched alkanes of at least 4 members (excludes halogenated alkanes) is 29. The van der Waals surface area contributed by atoms with Crippen molar-refractivity contribution in [1.29, 1.82) is 0 Å². The number of ether oxygens (including phenoxy) is 3. The zero-order chi connectivity index (χ0) is 45.1. The molecule has 0 aromatic heterocycles. The minimum absolute atomic E-state index is 0.0816. The molecule has 0 bridgehead atoms. The van der Waals surface area contributed by atoms with Gasteiger partial charge in [0.2, 0.25) is 0 Å². The van der Waals surface area contributed by atoms with Crippen molar-refractivity contribution in [3.63, 3.8) is 0 Å². The number of esters is 3. The molecule has 0 radical (unpaired) electrons. The summed E-state index contributed by atoms with van der Waals surface area (Å²) < 4.78 is 16.8.